The third-order valence-corrected chi connectivity index (χ3v) is 5.97. The summed E-state index contributed by atoms with van der Waals surface area (Å²) in [6, 6.07) is 17.4. The Morgan fingerprint density at radius 2 is 1.69 bits per heavy atom. The quantitative estimate of drug-likeness (QED) is 0.483. The molecule has 1 aliphatic rings. The summed E-state index contributed by atoms with van der Waals surface area (Å²) in [5, 5.41) is 1.33. The number of aromatic nitrogens is 1. The number of benzene rings is 2. The molecule has 1 aromatic heterocycles. The van der Waals surface area contributed by atoms with Crippen molar-refractivity contribution in [2.75, 3.05) is 0 Å². The first-order chi connectivity index (χ1) is 13.7. The maximum Gasteiger partial charge on any atom is 0.219 e. The number of nitrogens with zero attached hydrogens (tertiary/aromatic N) is 1. The van der Waals surface area contributed by atoms with Gasteiger partial charge < -0.3 is 10.5 Å². The number of hydrogen-bond donors (Lipinski definition) is 1. The van der Waals surface area contributed by atoms with Crippen LogP contribution in [0.1, 0.15) is 38.8 Å². The van der Waals surface area contributed by atoms with E-state index >= 15 is 0 Å². The minimum Gasteiger partial charge on any atom is -0.473 e. The molecule has 3 aromatic rings. The Hall–Kier alpha value is -2.07. The molecule has 2 N–H and O–H groups in total. The minimum absolute atomic E-state index is 0.00187. The fourth-order valence-corrected chi connectivity index (χ4v) is 4.00. The molecule has 0 bridgehead atoms. The normalized spacial score (nSPS) is 18.8. The van der Waals surface area contributed by atoms with E-state index in [-0.39, 0.29) is 17.6 Å². The zero-order chi connectivity index (χ0) is 20.8. The van der Waals surface area contributed by atoms with E-state index in [1.54, 1.807) is 0 Å². The largest absolute Gasteiger partial charge is 0.473 e. The maximum atomic E-state index is 6.56. The molecule has 29 heavy (non-hydrogen) atoms. The van der Waals surface area contributed by atoms with E-state index in [2.05, 4.69) is 26.8 Å². The molecule has 0 aliphatic carbocycles. The lowest BCUT2D eigenvalue weighted by Gasteiger charge is -2.37. The average molecular weight is 427 g/mol. The van der Waals surface area contributed by atoms with Gasteiger partial charge in [-0.2, -0.15) is 0 Å². The zero-order valence-corrected chi connectivity index (χ0v) is 18.3. The number of ether oxygens (including phenoxy) is 1. The highest BCUT2D eigenvalue weighted by Gasteiger charge is 2.35. The lowest BCUT2D eigenvalue weighted by molar-refractivity contribution is 0.0534. The molecule has 2 atom stereocenters. The van der Waals surface area contributed by atoms with Crippen molar-refractivity contribution in [3.8, 4) is 28.3 Å². The van der Waals surface area contributed by atoms with Gasteiger partial charge in [0.25, 0.3) is 0 Å². The van der Waals surface area contributed by atoms with Crippen molar-refractivity contribution >= 4 is 23.2 Å². The Bertz CT molecular complexity index is 1040. The molecule has 2 unspecified atom stereocenters. The second-order valence-corrected chi connectivity index (χ2v) is 9.42. The van der Waals surface area contributed by atoms with Crippen molar-refractivity contribution in [3.05, 3.63) is 70.2 Å². The third-order valence-electron chi connectivity index (χ3n) is 5.39. The zero-order valence-electron chi connectivity index (χ0n) is 16.7. The van der Waals surface area contributed by atoms with Crippen LogP contribution in [0.4, 0.5) is 0 Å². The molecule has 0 amide bonds. The molecule has 0 spiro atoms. The Kier molecular flexibility index (Phi) is 5.32. The first-order valence-corrected chi connectivity index (χ1v) is 10.5. The molecule has 0 saturated carbocycles. The Labute approximate surface area is 181 Å². The van der Waals surface area contributed by atoms with Crippen LogP contribution in [0.15, 0.2) is 54.6 Å². The molecule has 5 heteroatoms. The Morgan fingerprint density at radius 3 is 2.34 bits per heavy atom. The standard InChI is InChI=1S/C24H24Cl2N2O/c1-24(2,3)21-13-20(27)18-12-17(14-8-10-15(25)11-9-14)22(28-23(18)29-21)16-6-4-5-7-19(16)26/h4-12,20-21H,13,27H2,1-3H3. The molecule has 0 radical (unpaired) electrons. The topological polar surface area (TPSA) is 48.1 Å². The smallest absolute Gasteiger partial charge is 0.219 e. The number of hydrogen-bond acceptors (Lipinski definition) is 3. The maximum absolute atomic E-state index is 6.56. The van der Waals surface area contributed by atoms with Gasteiger partial charge in [0.1, 0.15) is 6.10 Å². The molecule has 1 aliphatic heterocycles. The van der Waals surface area contributed by atoms with Gasteiger partial charge in [0.2, 0.25) is 5.88 Å². The van der Waals surface area contributed by atoms with E-state index in [1.165, 1.54) is 0 Å². The van der Waals surface area contributed by atoms with Crippen LogP contribution in [0, 0.1) is 5.41 Å². The fraction of sp³-hybridized carbons (Fsp3) is 0.292. The van der Waals surface area contributed by atoms with Crippen LogP contribution in [0.2, 0.25) is 10.0 Å². The van der Waals surface area contributed by atoms with Gasteiger partial charge in [-0.3, -0.25) is 0 Å². The first kappa shape index (κ1) is 20.2. The molecule has 2 aromatic carbocycles. The first-order valence-electron chi connectivity index (χ1n) is 9.72. The molecular weight excluding hydrogens is 403 g/mol. The van der Waals surface area contributed by atoms with E-state index in [0.717, 1.165) is 34.4 Å². The molecule has 0 fully saturated rings. The molecular formula is C24H24Cl2N2O. The highest BCUT2D eigenvalue weighted by Crippen LogP contribution is 2.44. The van der Waals surface area contributed by atoms with E-state index in [0.29, 0.717) is 15.9 Å². The van der Waals surface area contributed by atoms with Crippen LogP contribution in [0.25, 0.3) is 22.4 Å². The lowest BCUT2D eigenvalue weighted by Crippen LogP contribution is -2.39. The van der Waals surface area contributed by atoms with Gasteiger partial charge in [-0.05, 0) is 35.2 Å². The SMILES string of the molecule is CC(C)(C)C1CC(N)c2cc(-c3ccc(Cl)cc3)c(-c3ccccc3Cl)nc2O1. The van der Waals surface area contributed by atoms with Gasteiger partial charge in [0.05, 0.1) is 5.69 Å². The van der Waals surface area contributed by atoms with E-state index in [1.807, 2.05) is 48.5 Å². The average Bonchev–Trinajstić information content (AvgIpc) is 2.67. The van der Waals surface area contributed by atoms with Gasteiger partial charge in [-0.15, -0.1) is 0 Å². The molecule has 0 saturated heterocycles. The van der Waals surface area contributed by atoms with E-state index < -0.39 is 0 Å². The van der Waals surface area contributed by atoms with Crippen LogP contribution in [0.3, 0.4) is 0 Å². The molecule has 150 valence electrons. The monoisotopic (exact) mass is 426 g/mol. The van der Waals surface area contributed by atoms with E-state index in [9.17, 15) is 0 Å². The van der Waals surface area contributed by atoms with Crippen molar-refractivity contribution in [1.29, 1.82) is 0 Å². The van der Waals surface area contributed by atoms with Gasteiger partial charge in [0.15, 0.2) is 0 Å². The summed E-state index contributed by atoms with van der Waals surface area (Å²) in [4.78, 5) is 4.94. The van der Waals surface area contributed by atoms with Crippen molar-refractivity contribution in [2.24, 2.45) is 11.1 Å². The predicted molar refractivity (Wildman–Crippen MR) is 121 cm³/mol. The summed E-state index contributed by atoms with van der Waals surface area (Å²) >= 11 is 12.6. The number of nitrogens with two attached hydrogens (primary N) is 1. The highest BCUT2D eigenvalue weighted by atomic mass is 35.5. The molecule has 3 nitrogen and oxygen atoms in total. The summed E-state index contributed by atoms with van der Waals surface area (Å²) in [7, 11) is 0. The fourth-order valence-electron chi connectivity index (χ4n) is 3.65. The summed E-state index contributed by atoms with van der Waals surface area (Å²) in [6.45, 7) is 6.48. The molecule has 4 rings (SSSR count). The minimum atomic E-state index is -0.137. The molecule has 2 heterocycles. The number of halogens is 2. The van der Waals surface area contributed by atoms with Crippen LogP contribution >= 0.6 is 23.2 Å². The van der Waals surface area contributed by atoms with E-state index in [4.69, 9.17) is 38.7 Å². The van der Waals surface area contributed by atoms with Gasteiger partial charge in [-0.1, -0.05) is 74.3 Å². The highest BCUT2D eigenvalue weighted by molar-refractivity contribution is 6.33. The van der Waals surface area contributed by atoms with Crippen LogP contribution < -0.4 is 10.5 Å². The third kappa shape index (κ3) is 4.00. The second kappa shape index (κ2) is 7.64. The lowest BCUT2D eigenvalue weighted by atomic mass is 9.82. The number of pyridine rings is 1. The van der Waals surface area contributed by atoms with Gasteiger partial charge >= 0.3 is 0 Å². The van der Waals surface area contributed by atoms with Crippen molar-refractivity contribution in [3.63, 3.8) is 0 Å². The van der Waals surface area contributed by atoms with Crippen molar-refractivity contribution < 1.29 is 4.74 Å². The van der Waals surface area contributed by atoms with Crippen LogP contribution in [-0.2, 0) is 0 Å². The summed E-state index contributed by atoms with van der Waals surface area (Å²) in [6.07, 6.45) is 0.752. The summed E-state index contributed by atoms with van der Waals surface area (Å²) in [5.74, 6) is 0.594. The van der Waals surface area contributed by atoms with Crippen LogP contribution in [-0.4, -0.2) is 11.1 Å². The van der Waals surface area contributed by atoms with Gasteiger partial charge in [-0.25, -0.2) is 4.98 Å². The van der Waals surface area contributed by atoms with Crippen molar-refractivity contribution in [2.45, 2.75) is 39.3 Å². The van der Waals surface area contributed by atoms with Crippen LogP contribution in [0.5, 0.6) is 5.88 Å². The summed E-state index contributed by atoms with van der Waals surface area (Å²) < 4.78 is 6.32. The Balaban J connectivity index is 1.93. The summed E-state index contributed by atoms with van der Waals surface area (Å²) in [5.41, 5.74) is 11.0. The number of fused-ring (bicyclic) bond motifs is 1. The van der Waals surface area contributed by atoms with Gasteiger partial charge in [0, 0.05) is 39.2 Å². The Morgan fingerprint density at radius 1 is 1.00 bits per heavy atom. The predicted octanol–water partition coefficient (Wildman–Crippen LogP) is 6.92. The second-order valence-electron chi connectivity index (χ2n) is 8.58. The number of rotatable bonds is 2. The van der Waals surface area contributed by atoms with Crippen molar-refractivity contribution in [1.82, 2.24) is 4.98 Å².